The van der Waals surface area contributed by atoms with E-state index in [2.05, 4.69) is 12.2 Å². The Morgan fingerprint density at radius 2 is 1.83 bits per heavy atom. The van der Waals surface area contributed by atoms with Gasteiger partial charge in [-0.05, 0) is 105 Å². The molecule has 1 aromatic rings. The van der Waals surface area contributed by atoms with Gasteiger partial charge in [0.1, 0.15) is 12.4 Å². The first-order chi connectivity index (χ1) is 16.9. The van der Waals surface area contributed by atoms with E-state index in [4.69, 9.17) is 4.74 Å². The Morgan fingerprint density at radius 1 is 1.09 bits per heavy atom. The fourth-order valence-electron chi connectivity index (χ4n) is 6.47. The molecular formula is C29H45NO5. The van der Waals surface area contributed by atoms with Crippen LogP contribution in [0, 0.1) is 35.5 Å². The lowest BCUT2D eigenvalue weighted by molar-refractivity contribution is -0.121. The maximum absolute atomic E-state index is 12.0. The fraction of sp³-hybridized carbons (Fsp3) is 0.759. The third-order valence-electron chi connectivity index (χ3n) is 8.82. The van der Waals surface area contributed by atoms with Crippen molar-refractivity contribution in [3.05, 3.63) is 30.3 Å². The number of carbonyl (C=O) groups excluding carboxylic acids is 1. The molecule has 6 nitrogen and oxygen atoms in total. The second kappa shape index (κ2) is 12.6. The van der Waals surface area contributed by atoms with Crippen LogP contribution in [0.1, 0.15) is 71.1 Å². The Balaban J connectivity index is 1.21. The number of para-hydroxylation sites is 1. The fourth-order valence-corrected chi connectivity index (χ4v) is 6.47. The lowest BCUT2D eigenvalue weighted by Crippen LogP contribution is -2.36. The van der Waals surface area contributed by atoms with Gasteiger partial charge in [0.25, 0.3) is 0 Å². The summed E-state index contributed by atoms with van der Waals surface area (Å²) in [5, 5.41) is 35.2. The first-order valence-electron chi connectivity index (χ1n) is 13.9. The molecule has 1 aromatic carbocycles. The van der Waals surface area contributed by atoms with Gasteiger partial charge >= 0.3 is 0 Å². The summed E-state index contributed by atoms with van der Waals surface area (Å²) in [6.45, 7) is 3.16. The van der Waals surface area contributed by atoms with E-state index in [0.29, 0.717) is 31.1 Å². The first-order valence-corrected chi connectivity index (χ1v) is 13.9. The highest BCUT2D eigenvalue weighted by molar-refractivity contribution is 5.75. The number of carbonyl (C=O) groups is 1. The number of hydrogen-bond acceptors (Lipinski definition) is 5. The van der Waals surface area contributed by atoms with E-state index in [1.807, 2.05) is 30.3 Å². The zero-order chi connectivity index (χ0) is 24.8. The van der Waals surface area contributed by atoms with E-state index >= 15 is 0 Å². The number of rotatable bonds is 14. The predicted octanol–water partition coefficient (Wildman–Crippen LogP) is 3.92. The van der Waals surface area contributed by atoms with Gasteiger partial charge in [-0.2, -0.15) is 0 Å². The molecule has 6 heteroatoms. The van der Waals surface area contributed by atoms with Gasteiger partial charge in [0, 0.05) is 13.0 Å². The zero-order valence-electron chi connectivity index (χ0n) is 21.2. The number of aliphatic hydroxyl groups excluding tert-OH is 3. The van der Waals surface area contributed by atoms with Crippen LogP contribution in [0.15, 0.2) is 30.3 Å². The summed E-state index contributed by atoms with van der Waals surface area (Å²) in [5.41, 5.74) is 0. The minimum absolute atomic E-state index is 0.00849. The third-order valence-corrected chi connectivity index (χ3v) is 8.82. The number of ether oxygens (including phenoxy) is 1. The molecule has 0 aromatic heterocycles. The van der Waals surface area contributed by atoms with Crippen molar-refractivity contribution in [2.24, 2.45) is 35.5 Å². The topological polar surface area (TPSA) is 99.0 Å². The molecule has 0 saturated heterocycles. The van der Waals surface area contributed by atoms with Crippen molar-refractivity contribution in [2.45, 2.75) is 89.4 Å². The van der Waals surface area contributed by atoms with Crippen molar-refractivity contribution < 1.29 is 24.9 Å². The number of benzene rings is 1. The summed E-state index contributed by atoms with van der Waals surface area (Å²) in [4.78, 5) is 12.0. The Bertz CT molecular complexity index is 785. The molecule has 4 N–H and O–H groups in total. The summed E-state index contributed by atoms with van der Waals surface area (Å²) in [6.07, 6.45) is 7.79. The van der Waals surface area contributed by atoms with Crippen LogP contribution < -0.4 is 10.1 Å². The average Bonchev–Trinajstić information content (AvgIpc) is 3.61. The van der Waals surface area contributed by atoms with Crippen LogP contribution in [0.2, 0.25) is 0 Å². The molecule has 3 aliphatic rings. The first kappa shape index (κ1) is 26.4. The van der Waals surface area contributed by atoms with Crippen LogP contribution in [-0.4, -0.2) is 52.7 Å². The van der Waals surface area contributed by atoms with Crippen molar-refractivity contribution >= 4 is 5.91 Å². The molecule has 0 aliphatic heterocycles. The number of aliphatic hydroxyl groups is 3. The van der Waals surface area contributed by atoms with E-state index in [-0.39, 0.29) is 30.3 Å². The Hall–Kier alpha value is -1.63. The number of hydrogen-bond donors (Lipinski definition) is 4. The Morgan fingerprint density at radius 3 is 2.51 bits per heavy atom. The molecule has 1 amide bonds. The maximum atomic E-state index is 12.0. The summed E-state index contributed by atoms with van der Waals surface area (Å²) in [6, 6.07) is 9.49. The largest absolute Gasteiger partial charge is 0.491 e. The number of nitrogens with one attached hydrogen (secondary N) is 1. The highest BCUT2D eigenvalue weighted by Gasteiger charge is 2.47. The van der Waals surface area contributed by atoms with Crippen LogP contribution >= 0.6 is 0 Å². The van der Waals surface area contributed by atoms with Gasteiger partial charge in [0.05, 0.1) is 18.3 Å². The van der Waals surface area contributed by atoms with Crippen LogP contribution in [0.4, 0.5) is 0 Å². The molecule has 196 valence electrons. The SMILES string of the molecule is C[C@@H](C[C@@H](O)COc1ccccc1)[C@@H]1[C@@H](C[C@@H]2CCC2CCCC(=O)NCC2CC2)[C@@H](O)C[C@H]1O. The minimum Gasteiger partial charge on any atom is -0.491 e. The average molecular weight is 488 g/mol. The molecule has 35 heavy (non-hydrogen) atoms. The quantitative estimate of drug-likeness (QED) is 0.319. The summed E-state index contributed by atoms with van der Waals surface area (Å²) < 4.78 is 5.71. The molecule has 0 spiro atoms. The zero-order valence-corrected chi connectivity index (χ0v) is 21.2. The monoisotopic (exact) mass is 487 g/mol. The van der Waals surface area contributed by atoms with Crippen molar-refractivity contribution in [1.29, 1.82) is 0 Å². The normalized spacial score (nSPS) is 32.0. The summed E-state index contributed by atoms with van der Waals surface area (Å²) in [7, 11) is 0. The third kappa shape index (κ3) is 7.68. The molecular weight excluding hydrogens is 442 g/mol. The Labute approximate surface area is 210 Å². The van der Waals surface area contributed by atoms with Gasteiger partial charge in [-0.1, -0.05) is 25.1 Å². The highest BCUT2D eigenvalue weighted by atomic mass is 16.5. The molecule has 0 radical (unpaired) electrons. The molecule has 4 rings (SSSR count). The molecule has 0 bridgehead atoms. The summed E-state index contributed by atoms with van der Waals surface area (Å²) in [5.74, 6) is 2.98. The van der Waals surface area contributed by atoms with Crippen LogP contribution in [0.25, 0.3) is 0 Å². The van der Waals surface area contributed by atoms with Crippen molar-refractivity contribution in [1.82, 2.24) is 5.32 Å². The molecule has 0 heterocycles. The molecule has 1 unspecified atom stereocenters. The van der Waals surface area contributed by atoms with Crippen LogP contribution in [-0.2, 0) is 4.79 Å². The molecule has 3 saturated carbocycles. The van der Waals surface area contributed by atoms with Gasteiger partial charge in [-0.25, -0.2) is 0 Å². The lowest BCUT2D eigenvalue weighted by Gasteiger charge is -2.41. The Kier molecular flexibility index (Phi) is 9.48. The van der Waals surface area contributed by atoms with Gasteiger partial charge < -0.3 is 25.4 Å². The second-order valence-corrected chi connectivity index (χ2v) is 11.6. The molecule has 8 atom stereocenters. The van der Waals surface area contributed by atoms with E-state index in [9.17, 15) is 20.1 Å². The van der Waals surface area contributed by atoms with Crippen LogP contribution in [0.3, 0.4) is 0 Å². The lowest BCUT2D eigenvalue weighted by atomic mass is 9.65. The molecule has 3 aliphatic carbocycles. The number of amides is 1. The maximum Gasteiger partial charge on any atom is 0.220 e. The van der Waals surface area contributed by atoms with Gasteiger partial charge in [-0.15, -0.1) is 0 Å². The van der Waals surface area contributed by atoms with Gasteiger partial charge in [0.15, 0.2) is 0 Å². The van der Waals surface area contributed by atoms with Gasteiger partial charge in [0.2, 0.25) is 5.91 Å². The van der Waals surface area contributed by atoms with Gasteiger partial charge in [-0.3, -0.25) is 4.79 Å². The van der Waals surface area contributed by atoms with E-state index < -0.39 is 18.3 Å². The standard InChI is InChI=1S/C29H45NO5/c1-19(14-23(31)18-35-24-7-3-2-4-8-24)29-25(26(32)16-27(29)33)15-22-13-12-21(22)6-5-9-28(34)30-17-20-10-11-20/h2-4,7-8,19-23,25-27,29,31-33H,5-6,9-18H2,1H3,(H,30,34)/t19-,21?,22-,23+,25-,26-,27+,29+/m0/s1. The summed E-state index contributed by atoms with van der Waals surface area (Å²) >= 11 is 0. The van der Waals surface area contributed by atoms with E-state index in [0.717, 1.165) is 37.5 Å². The smallest absolute Gasteiger partial charge is 0.220 e. The van der Waals surface area contributed by atoms with E-state index in [1.165, 1.54) is 25.7 Å². The van der Waals surface area contributed by atoms with Crippen LogP contribution in [0.5, 0.6) is 5.75 Å². The van der Waals surface area contributed by atoms with Crippen molar-refractivity contribution in [3.8, 4) is 5.75 Å². The van der Waals surface area contributed by atoms with E-state index in [1.54, 1.807) is 0 Å². The van der Waals surface area contributed by atoms with Crippen molar-refractivity contribution in [2.75, 3.05) is 13.2 Å². The van der Waals surface area contributed by atoms with Crippen molar-refractivity contribution in [3.63, 3.8) is 0 Å². The predicted molar refractivity (Wildman–Crippen MR) is 136 cm³/mol. The molecule has 3 fully saturated rings. The highest BCUT2D eigenvalue weighted by Crippen LogP contribution is 2.48. The minimum atomic E-state index is -0.613. The second-order valence-electron chi connectivity index (χ2n) is 11.6.